The third-order valence-electron chi connectivity index (χ3n) is 4.45. The van der Waals surface area contributed by atoms with Gasteiger partial charge in [-0.2, -0.15) is 0 Å². The second-order valence-electron chi connectivity index (χ2n) is 6.29. The number of piperazine rings is 1. The fourth-order valence-electron chi connectivity index (χ4n) is 3.11. The molecule has 0 saturated carbocycles. The van der Waals surface area contributed by atoms with E-state index >= 15 is 0 Å². The van der Waals surface area contributed by atoms with E-state index in [0.29, 0.717) is 28.8 Å². The van der Waals surface area contributed by atoms with Crippen LogP contribution < -0.4 is 10.2 Å². The maximum absolute atomic E-state index is 12.5. The third-order valence-corrected chi connectivity index (χ3v) is 5.08. The summed E-state index contributed by atoms with van der Waals surface area (Å²) in [6, 6.07) is 11.5. The van der Waals surface area contributed by atoms with Crippen molar-refractivity contribution in [2.75, 3.05) is 36.4 Å². The fourth-order valence-corrected chi connectivity index (χ4v) is 3.61. The van der Waals surface area contributed by atoms with Crippen molar-refractivity contribution in [3.8, 4) is 0 Å². The molecule has 1 fully saturated rings. The van der Waals surface area contributed by atoms with Gasteiger partial charge >= 0.3 is 6.03 Å². The number of carbonyl (C=O) groups is 1. The highest BCUT2D eigenvalue weighted by atomic mass is 35.5. The molecule has 132 valence electrons. The number of hydrogen-bond acceptors (Lipinski definition) is 2. The Bertz CT molecular complexity index is 766. The van der Waals surface area contributed by atoms with Gasteiger partial charge in [-0.3, -0.25) is 0 Å². The van der Waals surface area contributed by atoms with Gasteiger partial charge in [0.2, 0.25) is 0 Å². The summed E-state index contributed by atoms with van der Waals surface area (Å²) < 4.78 is 0. The Hall–Kier alpha value is -1.91. The number of anilines is 2. The van der Waals surface area contributed by atoms with E-state index in [1.807, 2.05) is 0 Å². The summed E-state index contributed by atoms with van der Waals surface area (Å²) in [5.74, 6) is 0. The van der Waals surface area contributed by atoms with Crippen LogP contribution in [0.25, 0.3) is 0 Å². The zero-order valence-electron chi connectivity index (χ0n) is 14.4. The summed E-state index contributed by atoms with van der Waals surface area (Å²) in [7, 11) is 0. The molecule has 0 spiro atoms. The molecule has 1 aliphatic rings. The molecule has 0 unspecified atom stereocenters. The molecule has 6 heteroatoms. The van der Waals surface area contributed by atoms with Crippen molar-refractivity contribution in [3.63, 3.8) is 0 Å². The number of amides is 2. The molecule has 2 aromatic rings. The molecule has 3 rings (SSSR count). The minimum absolute atomic E-state index is 0.171. The molecular formula is C19H21Cl2N3O. The van der Waals surface area contributed by atoms with Gasteiger partial charge in [0, 0.05) is 31.9 Å². The number of hydrogen-bond donors (Lipinski definition) is 1. The first-order valence-corrected chi connectivity index (χ1v) is 9.03. The summed E-state index contributed by atoms with van der Waals surface area (Å²) in [6.45, 7) is 7.13. The summed E-state index contributed by atoms with van der Waals surface area (Å²) in [5, 5.41) is 3.71. The van der Waals surface area contributed by atoms with Crippen molar-refractivity contribution in [1.29, 1.82) is 0 Å². The minimum Gasteiger partial charge on any atom is -0.368 e. The van der Waals surface area contributed by atoms with Crippen LogP contribution in [0.15, 0.2) is 36.4 Å². The van der Waals surface area contributed by atoms with Crippen molar-refractivity contribution in [2.24, 2.45) is 0 Å². The van der Waals surface area contributed by atoms with Crippen LogP contribution in [0.1, 0.15) is 11.1 Å². The lowest BCUT2D eigenvalue weighted by molar-refractivity contribution is 0.208. The first kappa shape index (κ1) is 17.9. The zero-order valence-corrected chi connectivity index (χ0v) is 15.9. The smallest absolute Gasteiger partial charge is 0.322 e. The molecule has 1 heterocycles. The largest absolute Gasteiger partial charge is 0.368 e. The molecule has 0 bridgehead atoms. The molecule has 4 nitrogen and oxygen atoms in total. The topological polar surface area (TPSA) is 35.6 Å². The Balaban J connectivity index is 1.63. The number of benzene rings is 2. The number of para-hydroxylation sites is 1. The van der Waals surface area contributed by atoms with Gasteiger partial charge in [-0.1, -0.05) is 47.0 Å². The van der Waals surface area contributed by atoms with E-state index in [-0.39, 0.29) is 6.03 Å². The molecule has 1 N–H and O–H groups in total. The van der Waals surface area contributed by atoms with Crippen LogP contribution in [0.3, 0.4) is 0 Å². The van der Waals surface area contributed by atoms with Crippen LogP contribution in [0.5, 0.6) is 0 Å². The minimum atomic E-state index is -0.171. The first-order chi connectivity index (χ1) is 12.0. The Morgan fingerprint density at radius 3 is 2.24 bits per heavy atom. The molecule has 1 saturated heterocycles. The molecular weight excluding hydrogens is 357 g/mol. The summed E-state index contributed by atoms with van der Waals surface area (Å²) in [4.78, 5) is 16.6. The van der Waals surface area contributed by atoms with Gasteiger partial charge in [0.1, 0.15) is 0 Å². The fraction of sp³-hybridized carbons (Fsp3) is 0.316. The number of halogens is 2. The lowest BCUT2D eigenvalue weighted by Crippen LogP contribution is -2.50. The molecule has 2 amide bonds. The van der Waals surface area contributed by atoms with Gasteiger partial charge in [0.25, 0.3) is 0 Å². The summed E-state index contributed by atoms with van der Waals surface area (Å²) >= 11 is 12.2. The highest BCUT2D eigenvalue weighted by Crippen LogP contribution is 2.30. The molecule has 0 aromatic heterocycles. The normalized spacial score (nSPS) is 14.6. The van der Waals surface area contributed by atoms with Crippen LogP contribution in [0.2, 0.25) is 10.0 Å². The Kier molecular flexibility index (Phi) is 5.40. The third kappa shape index (κ3) is 4.02. The second-order valence-corrected chi connectivity index (χ2v) is 7.11. The molecule has 25 heavy (non-hydrogen) atoms. The number of aryl methyl sites for hydroxylation is 2. The lowest BCUT2D eigenvalue weighted by atomic mass is 10.1. The van der Waals surface area contributed by atoms with E-state index in [4.69, 9.17) is 23.2 Å². The Labute approximate surface area is 158 Å². The second kappa shape index (κ2) is 7.54. The maximum Gasteiger partial charge on any atom is 0.322 e. The van der Waals surface area contributed by atoms with E-state index in [1.165, 1.54) is 16.8 Å². The average molecular weight is 378 g/mol. The van der Waals surface area contributed by atoms with Crippen molar-refractivity contribution in [2.45, 2.75) is 13.8 Å². The predicted octanol–water partition coefficient (Wildman–Crippen LogP) is 4.96. The molecule has 1 aliphatic heterocycles. The van der Waals surface area contributed by atoms with Crippen LogP contribution in [-0.2, 0) is 0 Å². The monoisotopic (exact) mass is 377 g/mol. The van der Waals surface area contributed by atoms with Gasteiger partial charge < -0.3 is 15.1 Å². The number of rotatable bonds is 2. The SMILES string of the molecule is Cc1ccc(N2CCN(C(=O)Nc3c(Cl)cccc3Cl)CC2)c(C)c1. The first-order valence-electron chi connectivity index (χ1n) is 8.28. The Morgan fingerprint density at radius 1 is 1.00 bits per heavy atom. The van der Waals surface area contributed by atoms with Crippen LogP contribution in [0.4, 0.5) is 16.2 Å². The number of nitrogens with zero attached hydrogens (tertiary/aromatic N) is 2. The van der Waals surface area contributed by atoms with Crippen LogP contribution >= 0.6 is 23.2 Å². The van der Waals surface area contributed by atoms with E-state index in [0.717, 1.165) is 13.1 Å². The standard InChI is InChI=1S/C19H21Cl2N3O/c1-13-6-7-17(14(2)12-13)23-8-10-24(11-9-23)19(25)22-18-15(20)4-3-5-16(18)21/h3-7,12H,8-11H2,1-2H3,(H,22,25). The van der Waals surface area contributed by atoms with E-state index < -0.39 is 0 Å². The van der Waals surface area contributed by atoms with Gasteiger partial charge in [-0.05, 0) is 37.6 Å². The maximum atomic E-state index is 12.5. The van der Waals surface area contributed by atoms with Crippen molar-refractivity contribution >= 4 is 40.6 Å². The van der Waals surface area contributed by atoms with E-state index in [1.54, 1.807) is 23.1 Å². The van der Waals surface area contributed by atoms with Crippen molar-refractivity contribution in [1.82, 2.24) is 4.90 Å². The highest BCUT2D eigenvalue weighted by Gasteiger charge is 2.23. The number of carbonyl (C=O) groups excluding carboxylic acids is 1. The van der Waals surface area contributed by atoms with Crippen molar-refractivity contribution in [3.05, 3.63) is 57.6 Å². The van der Waals surface area contributed by atoms with Gasteiger partial charge in [-0.25, -0.2) is 4.79 Å². The lowest BCUT2D eigenvalue weighted by Gasteiger charge is -2.36. The molecule has 0 atom stereocenters. The van der Waals surface area contributed by atoms with Crippen LogP contribution in [-0.4, -0.2) is 37.1 Å². The van der Waals surface area contributed by atoms with Gasteiger partial charge in [0.15, 0.2) is 0 Å². The molecule has 2 aromatic carbocycles. The molecule has 0 radical (unpaired) electrons. The number of urea groups is 1. The molecule has 0 aliphatic carbocycles. The van der Waals surface area contributed by atoms with Gasteiger partial charge in [0.05, 0.1) is 15.7 Å². The zero-order chi connectivity index (χ0) is 18.0. The Morgan fingerprint density at radius 2 is 1.64 bits per heavy atom. The highest BCUT2D eigenvalue weighted by molar-refractivity contribution is 6.39. The van der Waals surface area contributed by atoms with Crippen LogP contribution in [0, 0.1) is 13.8 Å². The predicted molar refractivity (Wildman–Crippen MR) is 105 cm³/mol. The van der Waals surface area contributed by atoms with Gasteiger partial charge in [-0.15, -0.1) is 0 Å². The van der Waals surface area contributed by atoms with E-state index in [9.17, 15) is 4.79 Å². The number of nitrogens with one attached hydrogen (secondary N) is 1. The summed E-state index contributed by atoms with van der Waals surface area (Å²) in [6.07, 6.45) is 0. The average Bonchev–Trinajstić information content (AvgIpc) is 2.58. The van der Waals surface area contributed by atoms with Crippen molar-refractivity contribution < 1.29 is 4.79 Å². The van der Waals surface area contributed by atoms with E-state index in [2.05, 4.69) is 42.3 Å². The summed E-state index contributed by atoms with van der Waals surface area (Å²) in [5.41, 5.74) is 4.23. The quantitative estimate of drug-likeness (QED) is 0.801.